The summed E-state index contributed by atoms with van der Waals surface area (Å²) in [7, 11) is 4.24. The molecule has 2 fully saturated rings. The van der Waals surface area contributed by atoms with Gasteiger partial charge in [-0.25, -0.2) is 0 Å². The van der Waals surface area contributed by atoms with E-state index in [1.807, 2.05) is 97.1 Å². The molecule has 0 atom stereocenters. The Hall–Kier alpha value is -4.70. The summed E-state index contributed by atoms with van der Waals surface area (Å²) in [5.41, 5.74) is 2.80. The maximum atomic E-state index is 13.1. The van der Waals surface area contributed by atoms with Gasteiger partial charge in [0.2, 0.25) is 23.6 Å². The molecule has 2 aliphatic rings. The van der Waals surface area contributed by atoms with E-state index in [1.165, 1.54) is 23.5 Å². The number of hydrogen-bond acceptors (Lipinski definition) is 10. The Kier molecular flexibility index (Phi) is 16.8. The van der Waals surface area contributed by atoms with Gasteiger partial charge in [0.05, 0.1) is 22.7 Å². The van der Waals surface area contributed by atoms with Crippen LogP contribution in [0.15, 0.2) is 117 Å². The number of amides is 4. The lowest BCUT2D eigenvalue weighted by atomic mass is 10.2. The van der Waals surface area contributed by atoms with Crippen LogP contribution in [-0.2, 0) is 19.2 Å². The fourth-order valence-electron chi connectivity index (χ4n) is 6.80. The highest BCUT2D eigenvalue weighted by molar-refractivity contribution is 8.00. The fourth-order valence-corrected chi connectivity index (χ4v) is 8.77. The number of nitrogens with one attached hydrogen (secondary N) is 4. The van der Waals surface area contributed by atoms with Crippen LogP contribution in [0.3, 0.4) is 0 Å². The lowest BCUT2D eigenvalue weighted by molar-refractivity contribution is -0.118. The van der Waals surface area contributed by atoms with Crippen molar-refractivity contribution in [2.24, 2.45) is 0 Å². The molecule has 59 heavy (non-hydrogen) atoms. The predicted molar refractivity (Wildman–Crippen MR) is 239 cm³/mol. The highest BCUT2D eigenvalue weighted by Crippen LogP contribution is 2.39. The lowest BCUT2D eigenvalue weighted by Gasteiger charge is -2.32. The summed E-state index contributed by atoms with van der Waals surface area (Å²) in [6.45, 7) is 9.39. The van der Waals surface area contributed by atoms with Gasteiger partial charge in [-0.3, -0.25) is 19.2 Å². The van der Waals surface area contributed by atoms with Crippen molar-refractivity contribution in [2.45, 2.75) is 51.7 Å². The normalized spacial score (nSPS) is 15.4. The Labute approximate surface area is 356 Å². The standard InChI is InChI=1S/C45H56N8O4S2/c1-50-26-30-52(31-27-50)24-22-44(56)48-36-14-5-9-18-40(36)58-38-16-7-3-12-34(38)46-42(54)20-11-21-43(55)47-35-13-4-8-17-39(35)59-41-19-10-6-15-37(41)49-45(57)23-25-53-32-28-51(2)29-33-53/h3-10,12-19H,11,20-33H2,1-2H3,(H,46,54)(H,47,55)(H,48,56)(H,49,57). The van der Waals surface area contributed by atoms with Crippen LogP contribution in [0.25, 0.3) is 0 Å². The zero-order valence-electron chi connectivity index (χ0n) is 34.1. The third-order valence-electron chi connectivity index (χ3n) is 10.4. The molecule has 4 aromatic rings. The number of rotatable bonds is 18. The van der Waals surface area contributed by atoms with Crippen LogP contribution in [0.2, 0.25) is 0 Å². The average Bonchev–Trinajstić information content (AvgIpc) is 3.23. The number of piperazine rings is 2. The highest BCUT2D eigenvalue weighted by atomic mass is 32.2. The fraction of sp³-hybridized carbons (Fsp3) is 0.378. The van der Waals surface area contributed by atoms with Gasteiger partial charge in [-0.1, -0.05) is 72.1 Å². The summed E-state index contributed by atoms with van der Waals surface area (Å²) in [6.07, 6.45) is 1.56. The van der Waals surface area contributed by atoms with Gasteiger partial charge in [-0.2, -0.15) is 0 Å². The first-order chi connectivity index (χ1) is 28.7. The number of hydrogen-bond donors (Lipinski definition) is 4. The third kappa shape index (κ3) is 14.2. The van der Waals surface area contributed by atoms with Crippen molar-refractivity contribution in [1.29, 1.82) is 0 Å². The smallest absolute Gasteiger partial charge is 0.225 e. The van der Waals surface area contributed by atoms with E-state index in [0.717, 1.165) is 96.4 Å². The predicted octanol–water partition coefficient (Wildman–Crippen LogP) is 6.89. The SMILES string of the molecule is CN1CCN(CCC(=O)Nc2ccccc2Sc2ccccc2NC(=O)CCCC(=O)Nc2ccccc2Sc2ccccc2NC(=O)CCN2CCN(C)CC2)CC1. The molecule has 2 saturated heterocycles. The van der Waals surface area contributed by atoms with Crippen LogP contribution in [0.5, 0.6) is 0 Å². The van der Waals surface area contributed by atoms with E-state index in [1.54, 1.807) is 0 Å². The van der Waals surface area contributed by atoms with Gasteiger partial charge >= 0.3 is 0 Å². The molecule has 2 heterocycles. The summed E-state index contributed by atoms with van der Waals surface area (Å²) in [5, 5.41) is 12.2. The monoisotopic (exact) mass is 836 g/mol. The molecule has 4 aromatic carbocycles. The van der Waals surface area contributed by atoms with Crippen molar-refractivity contribution in [2.75, 3.05) is 101 Å². The molecule has 0 saturated carbocycles. The Bertz CT molecular complexity index is 1890. The molecule has 4 amide bonds. The molecule has 0 unspecified atom stereocenters. The second-order valence-corrected chi connectivity index (χ2v) is 17.2. The van der Waals surface area contributed by atoms with Gasteiger partial charge in [0.15, 0.2) is 0 Å². The van der Waals surface area contributed by atoms with E-state index in [9.17, 15) is 19.2 Å². The Morgan fingerprint density at radius 2 is 0.695 bits per heavy atom. The summed E-state index contributed by atoms with van der Waals surface area (Å²) in [6, 6.07) is 30.6. The van der Waals surface area contributed by atoms with Crippen LogP contribution >= 0.6 is 23.5 Å². The maximum Gasteiger partial charge on any atom is 0.225 e. The molecule has 4 N–H and O–H groups in total. The quantitative estimate of drug-likeness (QED) is 0.0842. The van der Waals surface area contributed by atoms with Gasteiger partial charge in [0.25, 0.3) is 0 Å². The summed E-state index contributed by atoms with van der Waals surface area (Å²) in [4.78, 5) is 64.8. The number of benzene rings is 4. The molecule has 2 aliphatic heterocycles. The minimum Gasteiger partial charge on any atom is -0.325 e. The van der Waals surface area contributed by atoms with Crippen LogP contribution in [0.1, 0.15) is 32.1 Å². The molecule has 14 heteroatoms. The molecule has 312 valence electrons. The van der Waals surface area contributed by atoms with E-state index in [2.05, 4.69) is 55.0 Å². The molecule has 0 aromatic heterocycles. The second kappa shape index (κ2) is 22.6. The highest BCUT2D eigenvalue weighted by Gasteiger charge is 2.18. The van der Waals surface area contributed by atoms with E-state index in [4.69, 9.17) is 0 Å². The minimum atomic E-state index is -0.186. The zero-order valence-corrected chi connectivity index (χ0v) is 35.7. The van der Waals surface area contributed by atoms with Gasteiger partial charge in [0, 0.05) is 111 Å². The van der Waals surface area contributed by atoms with Crippen LogP contribution in [0, 0.1) is 0 Å². The van der Waals surface area contributed by atoms with Gasteiger partial charge in [0.1, 0.15) is 0 Å². The average molecular weight is 837 g/mol. The Morgan fingerprint density at radius 3 is 1.00 bits per heavy atom. The second-order valence-electron chi connectivity index (χ2n) is 15.0. The number of carbonyl (C=O) groups excluding carboxylic acids is 4. The molecular weight excluding hydrogens is 781 g/mol. The lowest BCUT2D eigenvalue weighted by Crippen LogP contribution is -2.45. The molecular formula is C45H56N8O4S2. The van der Waals surface area contributed by atoms with Crippen LogP contribution < -0.4 is 21.3 Å². The largest absolute Gasteiger partial charge is 0.325 e. The van der Waals surface area contributed by atoms with Crippen LogP contribution in [-0.4, -0.2) is 123 Å². The molecule has 0 bridgehead atoms. The first-order valence-corrected chi connectivity index (χ1v) is 22.0. The van der Waals surface area contributed by atoms with E-state index in [-0.39, 0.29) is 36.5 Å². The van der Waals surface area contributed by atoms with Gasteiger partial charge in [-0.05, 0) is 69.0 Å². The maximum absolute atomic E-state index is 13.1. The number of likely N-dealkylation sites (N-methyl/N-ethyl adjacent to an activating group) is 2. The number of anilines is 4. The van der Waals surface area contributed by atoms with Crippen molar-refractivity contribution >= 4 is 69.9 Å². The first kappa shape index (κ1) is 43.9. The molecule has 12 nitrogen and oxygen atoms in total. The van der Waals surface area contributed by atoms with E-state index < -0.39 is 0 Å². The van der Waals surface area contributed by atoms with Gasteiger partial charge < -0.3 is 40.9 Å². The van der Waals surface area contributed by atoms with Crippen molar-refractivity contribution in [3.05, 3.63) is 97.1 Å². The Morgan fingerprint density at radius 1 is 0.424 bits per heavy atom. The molecule has 0 spiro atoms. The van der Waals surface area contributed by atoms with Gasteiger partial charge in [-0.15, -0.1) is 0 Å². The molecule has 0 aliphatic carbocycles. The number of para-hydroxylation sites is 4. The van der Waals surface area contributed by atoms with Crippen molar-refractivity contribution in [1.82, 2.24) is 19.6 Å². The Balaban J connectivity index is 0.961. The van der Waals surface area contributed by atoms with Crippen molar-refractivity contribution < 1.29 is 19.2 Å². The summed E-state index contributed by atoms with van der Waals surface area (Å²) < 4.78 is 0. The van der Waals surface area contributed by atoms with E-state index >= 15 is 0 Å². The molecule has 6 rings (SSSR count). The summed E-state index contributed by atoms with van der Waals surface area (Å²) in [5.74, 6) is -0.421. The van der Waals surface area contributed by atoms with Crippen LogP contribution in [0.4, 0.5) is 22.7 Å². The first-order valence-electron chi connectivity index (χ1n) is 20.4. The molecule has 0 radical (unpaired) electrons. The zero-order chi connectivity index (χ0) is 41.4. The topological polar surface area (TPSA) is 129 Å². The number of nitrogens with zero attached hydrogens (tertiary/aromatic N) is 4. The minimum absolute atomic E-state index is 0.0249. The number of carbonyl (C=O) groups is 4. The van der Waals surface area contributed by atoms with Crippen molar-refractivity contribution in [3.63, 3.8) is 0 Å². The van der Waals surface area contributed by atoms with Crippen molar-refractivity contribution in [3.8, 4) is 0 Å². The summed E-state index contributed by atoms with van der Waals surface area (Å²) >= 11 is 2.96. The van der Waals surface area contributed by atoms with E-state index in [0.29, 0.717) is 30.6 Å². The third-order valence-corrected chi connectivity index (χ3v) is 12.7.